The van der Waals surface area contributed by atoms with Crippen LogP contribution in [-0.4, -0.2) is 17.0 Å². The van der Waals surface area contributed by atoms with Crippen LogP contribution in [0.15, 0.2) is 6.20 Å². The van der Waals surface area contributed by atoms with Crippen molar-refractivity contribution >= 4 is 0 Å². The molecule has 1 fully saturated rings. The molecular weight excluding hydrogens is 246 g/mol. The molecule has 1 N–H and O–H groups in total. The van der Waals surface area contributed by atoms with Crippen LogP contribution < -0.4 is 5.32 Å². The maximum Gasteiger partial charge on any atom is 0.131 e. The lowest BCUT2D eigenvalue weighted by atomic mass is 9.74. The topological polar surface area (TPSA) is 37.8 Å². The van der Waals surface area contributed by atoms with E-state index in [9.17, 15) is 0 Å². The molecule has 0 bridgehead atoms. The first kappa shape index (κ1) is 14.0. The molecule has 3 heteroatoms. The van der Waals surface area contributed by atoms with E-state index in [-0.39, 0.29) is 0 Å². The van der Waals surface area contributed by atoms with E-state index in [1.54, 1.807) is 0 Å². The normalized spacial score (nSPS) is 26.2. The predicted molar refractivity (Wildman–Crippen MR) is 81.8 cm³/mol. The van der Waals surface area contributed by atoms with Crippen molar-refractivity contribution in [3.63, 3.8) is 0 Å². The Bertz CT molecular complexity index is 475. The fraction of sp³-hybridized carbons (Fsp3) is 0.765. The Morgan fingerprint density at radius 1 is 1.20 bits per heavy atom. The lowest BCUT2D eigenvalue weighted by molar-refractivity contribution is 0.259. The number of nitrogens with one attached hydrogen (secondary N) is 1. The molecule has 1 aromatic rings. The van der Waals surface area contributed by atoms with Crippen LogP contribution in [-0.2, 0) is 6.42 Å². The number of rotatable bonds is 2. The summed E-state index contributed by atoms with van der Waals surface area (Å²) in [5, 5.41) is 3.43. The summed E-state index contributed by atoms with van der Waals surface area (Å²) in [4.78, 5) is 9.69. The molecule has 0 saturated heterocycles. The zero-order chi connectivity index (χ0) is 14.2. The van der Waals surface area contributed by atoms with Crippen LogP contribution in [0.4, 0.5) is 0 Å². The molecule has 3 nitrogen and oxygen atoms in total. The Morgan fingerprint density at radius 2 is 1.95 bits per heavy atom. The van der Waals surface area contributed by atoms with E-state index in [0.717, 1.165) is 12.2 Å². The van der Waals surface area contributed by atoms with Crippen LogP contribution in [0.25, 0.3) is 0 Å². The third-order valence-corrected chi connectivity index (χ3v) is 5.02. The number of hydrogen-bond donors (Lipinski definition) is 1. The number of hydrogen-bond acceptors (Lipinski definition) is 3. The highest BCUT2D eigenvalue weighted by Gasteiger charge is 2.33. The minimum atomic E-state index is 0.332. The van der Waals surface area contributed by atoms with Gasteiger partial charge in [-0.15, -0.1) is 0 Å². The monoisotopic (exact) mass is 273 g/mol. The van der Waals surface area contributed by atoms with Crippen LogP contribution in [0.3, 0.4) is 0 Å². The second-order valence-corrected chi connectivity index (χ2v) is 7.35. The molecule has 20 heavy (non-hydrogen) atoms. The smallest absolute Gasteiger partial charge is 0.131 e. The van der Waals surface area contributed by atoms with Crippen LogP contribution in [0, 0.1) is 5.41 Å². The summed E-state index contributed by atoms with van der Waals surface area (Å²) in [5.74, 6) is 1.71. The van der Waals surface area contributed by atoms with Crippen molar-refractivity contribution in [2.24, 2.45) is 5.41 Å². The van der Waals surface area contributed by atoms with Gasteiger partial charge in [-0.05, 0) is 38.1 Å². The Hall–Kier alpha value is -0.960. The quantitative estimate of drug-likeness (QED) is 0.891. The number of fused-ring (bicyclic) bond motifs is 1. The molecule has 110 valence electrons. The van der Waals surface area contributed by atoms with Crippen molar-refractivity contribution in [1.29, 1.82) is 0 Å². The second kappa shape index (κ2) is 5.44. The summed E-state index contributed by atoms with van der Waals surface area (Å²) in [6.45, 7) is 4.70. The molecule has 1 unspecified atom stereocenters. The van der Waals surface area contributed by atoms with Gasteiger partial charge in [0, 0.05) is 29.4 Å². The van der Waals surface area contributed by atoms with Crippen molar-refractivity contribution in [2.75, 3.05) is 7.05 Å². The Kier molecular flexibility index (Phi) is 3.80. The molecule has 0 aromatic carbocycles. The molecular formula is C17H27N3. The van der Waals surface area contributed by atoms with Crippen molar-refractivity contribution < 1.29 is 0 Å². The molecule has 2 aliphatic rings. The molecule has 1 aromatic heterocycles. The Morgan fingerprint density at radius 3 is 2.65 bits per heavy atom. The zero-order valence-electron chi connectivity index (χ0n) is 13.1. The van der Waals surface area contributed by atoms with E-state index in [1.165, 1.54) is 49.8 Å². The van der Waals surface area contributed by atoms with Crippen LogP contribution in [0.5, 0.6) is 0 Å². The summed E-state index contributed by atoms with van der Waals surface area (Å²) in [6, 6.07) is 0.411. The molecule has 1 saturated carbocycles. The van der Waals surface area contributed by atoms with Gasteiger partial charge >= 0.3 is 0 Å². The van der Waals surface area contributed by atoms with E-state index in [0.29, 0.717) is 17.4 Å². The largest absolute Gasteiger partial charge is 0.313 e. The standard InChI is InChI=1S/C17H27N3/c1-17(2)9-14(18-3)13-11-19-16(20-15(13)10-17)12-7-5-4-6-8-12/h11-12,14,18H,4-10H2,1-3H3. The van der Waals surface area contributed by atoms with E-state index in [4.69, 9.17) is 9.97 Å². The van der Waals surface area contributed by atoms with Crippen LogP contribution in [0.1, 0.15) is 81.4 Å². The molecule has 1 heterocycles. The summed E-state index contributed by atoms with van der Waals surface area (Å²) >= 11 is 0. The number of aromatic nitrogens is 2. The average molecular weight is 273 g/mol. The third kappa shape index (κ3) is 2.73. The van der Waals surface area contributed by atoms with Crippen molar-refractivity contribution in [3.05, 3.63) is 23.3 Å². The van der Waals surface area contributed by atoms with Gasteiger partial charge in [-0.3, -0.25) is 0 Å². The van der Waals surface area contributed by atoms with Crippen molar-refractivity contribution in [3.8, 4) is 0 Å². The molecule has 0 amide bonds. The highest BCUT2D eigenvalue weighted by molar-refractivity contribution is 5.27. The van der Waals surface area contributed by atoms with Gasteiger partial charge in [0.05, 0.1) is 0 Å². The molecule has 0 radical (unpaired) electrons. The van der Waals surface area contributed by atoms with E-state index < -0.39 is 0 Å². The molecule has 2 aliphatic carbocycles. The van der Waals surface area contributed by atoms with Crippen molar-refractivity contribution in [2.45, 2.75) is 70.8 Å². The van der Waals surface area contributed by atoms with Crippen molar-refractivity contribution in [1.82, 2.24) is 15.3 Å². The average Bonchev–Trinajstić information content (AvgIpc) is 2.45. The lowest BCUT2D eigenvalue weighted by Gasteiger charge is -2.36. The Balaban J connectivity index is 1.91. The summed E-state index contributed by atoms with van der Waals surface area (Å²) in [5.41, 5.74) is 2.95. The van der Waals surface area contributed by atoms with Crippen LogP contribution in [0.2, 0.25) is 0 Å². The fourth-order valence-electron chi connectivity index (χ4n) is 3.88. The highest BCUT2D eigenvalue weighted by Crippen LogP contribution is 2.40. The third-order valence-electron chi connectivity index (χ3n) is 5.02. The maximum absolute atomic E-state index is 4.98. The summed E-state index contributed by atoms with van der Waals surface area (Å²) in [6.07, 6.45) is 11.0. The molecule has 1 atom stereocenters. The zero-order valence-corrected chi connectivity index (χ0v) is 13.1. The molecule has 0 spiro atoms. The van der Waals surface area contributed by atoms with Gasteiger partial charge in [0.15, 0.2) is 0 Å². The lowest BCUT2D eigenvalue weighted by Crippen LogP contribution is -2.33. The first-order valence-corrected chi connectivity index (χ1v) is 8.12. The summed E-state index contributed by atoms with van der Waals surface area (Å²) in [7, 11) is 2.05. The minimum absolute atomic E-state index is 0.332. The van der Waals surface area contributed by atoms with Crippen LogP contribution >= 0.6 is 0 Å². The van der Waals surface area contributed by atoms with Gasteiger partial charge in [-0.25, -0.2) is 9.97 Å². The fourth-order valence-corrected chi connectivity index (χ4v) is 3.88. The van der Waals surface area contributed by atoms with E-state index in [2.05, 4.69) is 25.4 Å². The van der Waals surface area contributed by atoms with Gasteiger partial charge in [-0.1, -0.05) is 33.1 Å². The first-order chi connectivity index (χ1) is 9.59. The predicted octanol–water partition coefficient (Wildman–Crippen LogP) is 3.76. The van der Waals surface area contributed by atoms with Gasteiger partial charge < -0.3 is 5.32 Å². The second-order valence-electron chi connectivity index (χ2n) is 7.35. The van der Waals surface area contributed by atoms with Gasteiger partial charge in [0.1, 0.15) is 5.82 Å². The van der Waals surface area contributed by atoms with E-state index >= 15 is 0 Å². The van der Waals surface area contributed by atoms with Gasteiger partial charge in [0.2, 0.25) is 0 Å². The first-order valence-electron chi connectivity index (χ1n) is 8.12. The van der Waals surface area contributed by atoms with Gasteiger partial charge in [-0.2, -0.15) is 0 Å². The maximum atomic E-state index is 4.98. The molecule has 3 rings (SSSR count). The number of nitrogens with zero attached hydrogens (tertiary/aromatic N) is 2. The summed E-state index contributed by atoms with van der Waals surface area (Å²) < 4.78 is 0. The Labute approximate surface area is 122 Å². The molecule has 0 aliphatic heterocycles. The SMILES string of the molecule is CNC1CC(C)(C)Cc2nc(C3CCCCC3)ncc21. The highest BCUT2D eigenvalue weighted by atomic mass is 14.9. The van der Waals surface area contributed by atoms with Gasteiger partial charge in [0.25, 0.3) is 0 Å². The van der Waals surface area contributed by atoms with E-state index in [1.807, 2.05) is 7.05 Å². The minimum Gasteiger partial charge on any atom is -0.313 e.